The highest BCUT2D eigenvalue weighted by Crippen LogP contribution is 2.27. The summed E-state index contributed by atoms with van der Waals surface area (Å²) in [6.07, 6.45) is 0. The van der Waals surface area contributed by atoms with Crippen LogP contribution >= 0.6 is 28.5 Å². The fourth-order valence-electron chi connectivity index (χ4n) is 3.20. The van der Waals surface area contributed by atoms with E-state index in [2.05, 4.69) is 68.2 Å². The second-order valence-corrected chi connectivity index (χ2v) is 8.08. The van der Waals surface area contributed by atoms with Crippen LogP contribution in [0.25, 0.3) is 0 Å². The van der Waals surface area contributed by atoms with Gasteiger partial charge in [0.1, 0.15) is 18.4 Å². The highest BCUT2D eigenvalue weighted by Gasteiger charge is 2.19. The number of nitriles is 1. The second-order valence-electron chi connectivity index (χ2n) is 6.31. The summed E-state index contributed by atoms with van der Waals surface area (Å²) in [7, 11) is 0. The summed E-state index contributed by atoms with van der Waals surface area (Å²) < 4.78 is 11.0. The molecule has 1 heterocycles. The lowest BCUT2D eigenvalue weighted by atomic mass is 10.1. The molecule has 0 aromatic heterocycles. The van der Waals surface area contributed by atoms with Gasteiger partial charge in [0.15, 0.2) is 0 Å². The molecule has 0 spiro atoms. The van der Waals surface area contributed by atoms with Gasteiger partial charge in [-0.3, -0.25) is 4.90 Å². The first-order chi connectivity index (χ1) is 13.3. The Bertz CT molecular complexity index is 762. The smallest absolute Gasteiger partial charge is 0.120 e. The number of hydrogen-bond donors (Lipinski definition) is 0. The minimum atomic E-state index is 0.439. The third-order valence-electron chi connectivity index (χ3n) is 4.56. The zero-order valence-corrected chi connectivity index (χ0v) is 18.3. The van der Waals surface area contributed by atoms with Crippen molar-refractivity contribution in [3.05, 3.63) is 59.7 Å². The fourth-order valence-corrected chi connectivity index (χ4v) is 4.02. The monoisotopic (exact) mass is 495 g/mol. The molecule has 1 atom stereocenters. The fraction of sp³-hybridized carbons (Fsp3) is 0.350. The Morgan fingerprint density at radius 1 is 1.04 bits per heavy atom. The summed E-state index contributed by atoms with van der Waals surface area (Å²) in [5.41, 5.74) is 3.01. The van der Waals surface area contributed by atoms with E-state index in [-0.39, 0.29) is 0 Å². The molecule has 2 aromatic rings. The Kier molecular flexibility index (Phi) is 8.15. The number of rotatable bonds is 8. The molecule has 0 radical (unpaired) electrons. The molecule has 0 N–H and O–H groups in total. The molecule has 7 heteroatoms. The topological polar surface area (TPSA) is 48.7 Å². The highest BCUT2D eigenvalue weighted by molar-refractivity contribution is 14.2. The van der Waals surface area contributed by atoms with Crippen molar-refractivity contribution in [3.8, 4) is 11.8 Å². The molecule has 0 saturated carbocycles. The normalized spacial score (nSPS) is 15.2. The molecule has 0 amide bonds. The predicted molar refractivity (Wildman–Crippen MR) is 119 cm³/mol. The summed E-state index contributed by atoms with van der Waals surface area (Å²) >= 11 is 2.19. The van der Waals surface area contributed by atoms with Gasteiger partial charge in [0.25, 0.3) is 0 Å². The molecule has 1 aliphatic rings. The van der Waals surface area contributed by atoms with Gasteiger partial charge in [0.05, 0.1) is 24.3 Å². The number of piperazine rings is 1. The van der Waals surface area contributed by atoms with Crippen molar-refractivity contribution < 1.29 is 9.26 Å². The van der Waals surface area contributed by atoms with E-state index in [1.807, 2.05) is 18.2 Å². The van der Waals surface area contributed by atoms with Crippen LogP contribution in [0, 0.1) is 11.3 Å². The van der Waals surface area contributed by atoms with Crippen LogP contribution in [-0.4, -0.2) is 44.3 Å². The number of hydrogen-bond acceptors (Lipinski definition) is 5. The van der Waals surface area contributed by atoms with Gasteiger partial charge in [-0.1, -0.05) is 30.3 Å². The van der Waals surface area contributed by atoms with E-state index in [0.717, 1.165) is 44.2 Å². The average Bonchev–Trinajstić information content (AvgIpc) is 2.72. The maximum Gasteiger partial charge on any atom is 0.120 e. The van der Waals surface area contributed by atoms with Gasteiger partial charge in [-0.15, -0.1) is 0 Å². The molecule has 1 fully saturated rings. The van der Waals surface area contributed by atoms with Gasteiger partial charge in [-0.05, 0) is 45.8 Å². The van der Waals surface area contributed by atoms with E-state index in [1.54, 1.807) is 0 Å². The predicted octanol–water partition coefficient (Wildman–Crippen LogP) is 4.22. The van der Waals surface area contributed by atoms with Crippen LogP contribution in [0.1, 0.15) is 11.1 Å². The molecule has 0 aliphatic carbocycles. The standard InChI is InChI=1S/C20H23IN3O2P/c21-27-26-13-12-25-19-6-7-20(18(14-19)15-22)24-10-8-23(9-11-24)16-17-4-2-1-3-5-17/h1-7,14,27H,8-13,16H2. The lowest BCUT2D eigenvalue weighted by Gasteiger charge is -2.36. The van der Waals surface area contributed by atoms with Crippen molar-refractivity contribution in [3.63, 3.8) is 0 Å². The van der Waals surface area contributed by atoms with Crippen molar-refractivity contribution in [2.24, 2.45) is 0 Å². The molecule has 2 aromatic carbocycles. The molecular weight excluding hydrogens is 472 g/mol. The second kappa shape index (κ2) is 10.8. The van der Waals surface area contributed by atoms with E-state index >= 15 is 0 Å². The summed E-state index contributed by atoms with van der Waals surface area (Å²) in [5.74, 6) is 0.721. The summed E-state index contributed by atoms with van der Waals surface area (Å²) in [5, 5.41) is 9.56. The molecule has 3 rings (SSSR count). The van der Waals surface area contributed by atoms with Crippen molar-refractivity contribution in [1.29, 1.82) is 5.26 Å². The largest absolute Gasteiger partial charge is 0.491 e. The van der Waals surface area contributed by atoms with Crippen molar-refractivity contribution in [2.45, 2.75) is 6.54 Å². The number of anilines is 1. The van der Waals surface area contributed by atoms with Crippen LogP contribution in [0.4, 0.5) is 5.69 Å². The number of benzene rings is 2. The zero-order chi connectivity index (χ0) is 18.9. The van der Waals surface area contributed by atoms with E-state index in [4.69, 9.17) is 9.26 Å². The van der Waals surface area contributed by atoms with Crippen molar-refractivity contribution >= 4 is 34.2 Å². The Balaban J connectivity index is 1.56. The lowest BCUT2D eigenvalue weighted by molar-refractivity contribution is 0.237. The molecule has 5 nitrogen and oxygen atoms in total. The van der Waals surface area contributed by atoms with Gasteiger partial charge in [-0.2, -0.15) is 5.26 Å². The molecule has 142 valence electrons. The molecule has 1 saturated heterocycles. The quantitative estimate of drug-likeness (QED) is 0.312. The van der Waals surface area contributed by atoms with Crippen molar-refractivity contribution in [1.82, 2.24) is 4.90 Å². The highest BCUT2D eigenvalue weighted by atomic mass is 127. The Morgan fingerprint density at radius 3 is 2.52 bits per heavy atom. The molecule has 1 unspecified atom stereocenters. The minimum absolute atomic E-state index is 0.439. The van der Waals surface area contributed by atoms with Crippen LogP contribution in [0.3, 0.4) is 0 Å². The third kappa shape index (κ3) is 6.05. The first kappa shape index (κ1) is 20.3. The van der Waals surface area contributed by atoms with Crippen LogP contribution in [0.5, 0.6) is 5.75 Å². The number of nitrogens with zero attached hydrogens (tertiary/aromatic N) is 3. The summed E-state index contributed by atoms with van der Waals surface area (Å²) in [4.78, 5) is 4.76. The van der Waals surface area contributed by atoms with Gasteiger partial charge in [0.2, 0.25) is 0 Å². The molecular formula is C20H23IN3O2P. The number of ether oxygens (including phenoxy) is 1. The maximum absolute atomic E-state index is 9.56. The molecule has 1 aliphatic heterocycles. The Hall–Kier alpha value is -1.39. The minimum Gasteiger partial charge on any atom is -0.491 e. The Labute approximate surface area is 175 Å². The van der Waals surface area contributed by atoms with Gasteiger partial charge in [0, 0.05) is 32.7 Å². The van der Waals surface area contributed by atoms with Gasteiger partial charge < -0.3 is 14.2 Å². The first-order valence-electron chi connectivity index (χ1n) is 8.96. The summed E-state index contributed by atoms with van der Waals surface area (Å²) in [6, 6.07) is 18.7. The lowest BCUT2D eigenvalue weighted by Crippen LogP contribution is -2.46. The van der Waals surface area contributed by atoms with Gasteiger partial charge >= 0.3 is 0 Å². The van der Waals surface area contributed by atoms with E-state index < -0.39 is 0 Å². The third-order valence-corrected chi connectivity index (χ3v) is 5.81. The van der Waals surface area contributed by atoms with Crippen LogP contribution in [0.15, 0.2) is 48.5 Å². The van der Waals surface area contributed by atoms with Crippen LogP contribution in [0.2, 0.25) is 0 Å². The SMILES string of the molecule is N#Cc1cc(OCCOPI)ccc1N1CCN(Cc2ccccc2)CC1. The maximum atomic E-state index is 9.56. The summed E-state index contributed by atoms with van der Waals surface area (Å²) in [6.45, 7) is 6.31. The molecule has 0 bridgehead atoms. The van der Waals surface area contributed by atoms with Crippen LogP contribution in [-0.2, 0) is 11.1 Å². The Morgan fingerprint density at radius 2 is 1.81 bits per heavy atom. The van der Waals surface area contributed by atoms with Crippen LogP contribution < -0.4 is 9.64 Å². The van der Waals surface area contributed by atoms with E-state index in [0.29, 0.717) is 25.2 Å². The first-order valence-corrected chi connectivity index (χ1v) is 13.0. The van der Waals surface area contributed by atoms with Crippen molar-refractivity contribution in [2.75, 3.05) is 44.3 Å². The van der Waals surface area contributed by atoms with E-state index in [9.17, 15) is 5.26 Å². The zero-order valence-electron chi connectivity index (χ0n) is 15.1. The number of halogens is 1. The average molecular weight is 495 g/mol. The molecule has 27 heavy (non-hydrogen) atoms. The van der Waals surface area contributed by atoms with E-state index in [1.165, 1.54) is 5.56 Å². The van der Waals surface area contributed by atoms with Gasteiger partial charge in [-0.25, -0.2) is 0 Å².